The molecule has 0 aromatic carbocycles. The first-order chi connectivity index (χ1) is 3.65. The van der Waals surface area contributed by atoms with Crippen molar-refractivity contribution in [2.75, 3.05) is 0 Å². The van der Waals surface area contributed by atoms with Crippen LogP contribution in [0.15, 0.2) is 0 Å². The van der Waals surface area contributed by atoms with E-state index in [2.05, 4.69) is 13.8 Å². The fourth-order valence-electron chi connectivity index (χ4n) is 0. The first kappa shape index (κ1) is 10.9. The average Bonchev–Trinajstić information content (AvgIpc) is 1.65. The Morgan fingerprint density at radius 1 is 1.50 bits per heavy atom. The number of aliphatic hydroxyl groups excluding tert-OH is 1. The fourth-order valence-corrected chi connectivity index (χ4v) is 0. The lowest BCUT2D eigenvalue weighted by molar-refractivity contribution is 0.216. The molecule has 51 valence electrons. The zero-order valence-corrected chi connectivity index (χ0v) is 6.15. The Labute approximate surface area is 52.7 Å². The largest absolute Gasteiger partial charge is 0.394 e. The Bertz CT molecular complexity index is 20.8. The molecule has 0 aliphatic carbocycles. The Hall–Kier alpha value is -0.0400. The van der Waals surface area contributed by atoms with Crippen LogP contribution in [-0.4, -0.2) is 11.2 Å². The Balaban J connectivity index is 0. The summed E-state index contributed by atoms with van der Waals surface area (Å²) >= 11 is 0. The highest BCUT2D eigenvalue weighted by atomic mass is 16.3. The second kappa shape index (κ2) is 10.0. The number of unbranched alkanes of at least 4 members (excludes halogenated alkanes) is 1. The minimum Gasteiger partial charge on any atom is -0.394 e. The van der Waals surface area contributed by atoms with Gasteiger partial charge in [-0.3, -0.25) is 0 Å². The molecule has 0 atom stereocenters. The number of rotatable bonds is 1. The first-order valence-corrected chi connectivity index (χ1v) is 3.12. The summed E-state index contributed by atoms with van der Waals surface area (Å²) in [5.41, 5.74) is 0. The van der Waals surface area contributed by atoms with Crippen LogP contribution >= 0.6 is 0 Å². The van der Waals surface area contributed by atoms with Crippen molar-refractivity contribution in [3.05, 3.63) is 6.92 Å². The maximum atomic E-state index is 8.06. The molecule has 0 amide bonds. The van der Waals surface area contributed by atoms with Crippen LogP contribution in [0.5, 0.6) is 0 Å². The average molecular weight is 117 g/mol. The second-order valence-corrected chi connectivity index (χ2v) is 1.95. The van der Waals surface area contributed by atoms with Crippen molar-refractivity contribution >= 4 is 0 Å². The number of hydrogen-bond donors (Lipinski definition) is 1. The molecule has 0 fully saturated rings. The molecule has 0 aromatic rings. The maximum absolute atomic E-state index is 8.06. The topological polar surface area (TPSA) is 20.2 Å². The van der Waals surface area contributed by atoms with Crippen LogP contribution in [-0.2, 0) is 0 Å². The fraction of sp³-hybridized carbons (Fsp3) is 0.857. The highest BCUT2D eigenvalue weighted by Crippen LogP contribution is 1.76. The predicted molar refractivity (Wildman–Crippen MR) is 37.6 cm³/mol. The van der Waals surface area contributed by atoms with Crippen LogP contribution in [0.1, 0.15) is 33.6 Å². The summed E-state index contributed by atoms with van der Waals surface area (Å²) in [7, 11) is 0. The van der Waals surface area contributed by atoms with Crippen LogP contribution in [0, 0.1) is 6.92 Å². The summed E-state index contributed by atoms with van der Waals surface area (Å²) in [6.07, 6.45) is 2.11. The van der Waals surface area contributed by atoms with Gasteiger partial charge in [0.25, 0.3) is 0 Å². The highest BCUT2D eigenvalue weighted by molar-refractivity contribution is 4.29. The SMILES string of the molecule is CC(C)O.[CH2]CCC. The van der Waals surface area contributed by atoms with E-state index in [4.69, 9.17) is 5.11 Å². The molecule has 0 aliphatic rings. The van der Waals surface area contributed by atoms with Gasteiger partial charge in [-0.15, -0.1) is 0 Å². The van der Waals surface area contributed by atoms with Gasteiger partial charge in [0.2, 0.25) is 0 Å². The van der Waals surface area contributed by atoms with Gasteiger partial charge in [0, 0.05) is 6.10 Å². The molecule has 0 unspecified atom stereocenters. The molecular weight excluding hydrogens is 100 g/mol. The Morgan fingerprint density at radius 3 is 1.62 bits per heavy atom. The molecule has 0 saturated carbocycles. The smallest absolute Gasteiger partial charge is 0.0483 e. The maximum Gasteiger partial charge on any atom is 0.0483 e. The second-order valence-electron chi connectivity index (χ2n) is 1.95. The van der Waals surface area contributed by atoms with Crippen LogP contribution in [0.3, 0.4) is 0 Å². The molecule has 1 radical (unpaired) electrons. The van der Waals surface area contributed by atoms with Crippen molar-refractivity contribution in [1.29, 1.82) is 0 Å². The molecule has 0 saturated heterocycles. The molecular formula is C7H17O. The van der Waals surface area contributed by atoms with E-state index >= 15 is 0 Å². The zero-order chi connectivity index (χ0) is 6.99. The first-order valence-electron chi connectivity index (χ1n) is 3.12. The van der Waals surface area contributed by atoms with E-state index in [0.717, 1.165) is 6.42 Å². The van der Waals surface area contributed by atoms with Crippen molar-refractivity contribution in [3.63, 3.8) is 0 Å². The van der Waals surface area contributed by atoms with Crippen LogP contribution in [0.25, 0.3) is 0 Å². The van der Waals surface area contributed by atoms with Gasteiger partial charge in [0.05, 0.1) is 0 Å². The van der Waals surface area contributed by atoms with Crippen LogP contribution in [0.4, 0.5) is 0 Å². The Morgan fingerprint density at radius 2 is 1.62 bits per heavy atom. The van der Waals surface area contributed by atoms with E-state index in [0.29, 0.717) is 0 Å². The molecule has 0 rings (SSSR count). The van der Waals surface area contributed by atoms with Crippen LogP contribution < -0.4 is 0 Å². The summed E-state index contributed by atoms with van der Waals surface area (Å²) in [6, 6.07) is 0. The van der Waals surface area contributed by atoms with Crippen molar-refractivity contribution < 1.29 is 5.11 Å². The lowest BCUT2D eigenvalue weighted by Gasteiger charge is -1.80. The summed E-state index contributed by atoms with van der Waals surface area (Å²) < 4.78 is 0. The molecule has 0 spiro atoms. The van der Waals surface area contributed by atoms with E-state index < -0.39 is 0 Å². The van der Waals surface area contributed by atoms with Gasteiger partial charge < -0.3 is 5.11 Å². The minimum atomic E-state index is -0.167. The van der Waals surface area contributed by atoms with E-state index in [1.807, 2.05) is 0 Å². The van der Waals surface area contributed by atoms with Gasteiger partial charge in [-0.1, -0.05) is 26.7 Å². The third-order valence-corrected chi connectivity index (χ3v) is 0.354. The van der Waals surface area contributed by atoms with E-state index in [1.54, 1.807) is 13.8 Å². The van der Waals surface area contributed by atoms with E-state index in [1.165, 1.54) is 6.42 Å². The van der Waals surface area contributed by atoms with E-state index in [9.17, 15) is 0 Å². The van der Waals surface area contributed by atoms with Gasteiger partial charge in [0.1, 0.15) is 0 Å². The van der Waals surface area contributed by atoms with Gasteiger partial charge >= 0.3 is 0 Å². The van der Waals surface area contributed by atoms with Gasteiger partial charge in [0.15, 0.2) is 0 Å². The molecule has 1 heteroatoms. The molecule has 1 N–H and O–H groups in total. The number of aliphatic hydroxyl groups is 1. The molecule has 1 nitrogen and oxygen atoms in total. The lowest BCUT2D eigenvalue weighted by Crippen LogP contribution is -1.85. The normalized spacial score (nSPS) is 8.25. The van der Waals surface area contributed by atoms with Crippen molar-refractivity contribution in [2.24, 2.45) is 0 Å². The van der Waals surface area contributed by atoms with Crippen molar-refractivity contribution in [3.8, 4) is 0 Å². The van der Waals surface area contributed by atoms with E-state index in [-0.39, 0.29) is 6.10 Å². The monoisotopic (exact) mass is 117 g/mol. The highest BCUT2D eigenvalue weighted by Gasteiger charge is 1.69. The quantitative estimate of drug-likeness (QED) is 0.557. The summed E-state index contributed by atoms with van der Waals surface area (Å²) in [4.78, 5) is 0. The third kappa shape index (κ3) is 159. The minimum absolute atomic E-state index is 0.167. The van der Waals surface area contributed by atoms with Gasteiger partial charge in [-0.25, -0.2) is 0 Å². The third-order valence-electron chi connectivity index (χ3n) is 0.354. The van der Waals surface area contributed by atoms with Gasteiger partial charge in [-0.05, 0) is 13.8 Å². The zero-order valence-electron chi connectivity index (χ0n) is 6.15. The van der Waals surface area contributed by atoms with Crippen LogP contribution in [0.2, 0.25) is 0 Å². The van der Waals surface area contributed by atoms with Crippen molar-refractivity contribution in [1.82, 2.24) is 0 Å². The standard InChI is InChI=1S/C4H9.C3H8O/c1-3-4-2;1-3(2)4/h1,3-4H2,2H3;3-4H,1-2H3. The molecule has 0 aromatic heterocycles. The summed E-state index contributed by atoms with van der Waals surface area (Å²) in [5.74, 6) is 0. The lowest BCUT2D eigenvalue weighted by atomic mass is 10.4. The van der Waals surface area contributed by atoms with Gasteiger partial charge in [-0.2, -0.15) is 0 Å². The molecule has 0 heterocycles. The molecule has 0 aliphatic heterocycles. The predicted octanol–water partition coefficient (Wildman–Crippen LogP) is 2.01. The van der Waals surface area contributed by atoms with Crippen molar-refractivity contribution in [2.45, 2.75) is 39.7 Å². The summed E-state index contributed by atoms with van der Waals surface area (Å²) in [6.45, 7) is 9.17. The summed E-state index contributed by atoms with van der Waals surface area (Å²) in [5, 5.41) is 8.06. The molecule has 8 heavy (non-hydrogen) atoms. The molecule has 0 bridgehead atoms. The Kier molecular flexibility index (Phi) is 13.6. The number of hydrogen-bond acceptors (Lipinski definition) is 1.